The van der Waals surface area contributed by atoms with Gasteiger partial charge in [0.2, 0.25) is 0 Å². The van der Waals surface area contributed by atoms with E-state index in [-0.39, 0.29) is 31.2 Å². The second-order valence-corrected chi connectivity index (χ2v) is 3.73. The molecule has 0 spiro atoms. The highest BCUT2D eigenvalue weighted by atomic mass is 35.5. The van der Waals surface area contributed by atoms with Gasteiger partial charge in [-0.2, -0.15) is 0 Å². The molecular formula is C11H16ClNO2. The molecule has 1 heterocycles. The van der Waals surface area contributed by atoms with Crippen LogP contribution < -0.4 is 10.5 Å². The first-order valence-corrected chi connectivity index (χ1v) is 4.90. The van der Waals surface area contributed by atoms with Crippen LogP contribution in [0.25, 0.3) is 0 Å². The van der Waals surface area contributed by atoms with Gasteiger partial charge in [0.05, 0.1) is 6.61 Å². The summed E-state index contributed by atoms with van der Waals surface area (Å²) in [7, 11) is 0. The van der Waals surface area contributed by atoms with Crippen LogP contribution in [0.1, 0.15) is 12.0 Å². The van der Waals surface area contributed by atoms with Crippen molar-refractivity contribution in [1.82, 2.24) is 0 Å². The monoisotopic (exact) mass is 229 g/mol. The fourth-order valence-electron chi connectivity index (χ4n) is 1.80. The molecule has 2 atom stereocenters. The zero-order chi connectivity index (χ0) is 9.97. The largest absolute Gasteiger partial charge is 0.490 e. The summed E-state index contributed by atoms with van der Waals surface area (Å²) >= 11 is 0. The molecule has 3 nitrogen and oxygen atoms in total. The molecule has 1 aromatic carbocycles. The van der Waals surface area contributed by atoms with E-state index in [9.17, 15) is 0 Å². The Morgan fingerprint density at radius 2 is 2.20 bits per heavy atom. The number of fused-ring (bicyclic) bond motifs is 1. The van der Waals surface area contributed by atoms with Gasteiger partial charge in [-0.05, 0) is 11.6 Å². The van der Waals surface area contributed by atoms with Crippen LogP contribution in [0, 0.1) is 0 Å². The maximum Gasteiger partial charge on any atom is 0.123 e. The number of hydrogen-bond acceptors (Lipinski definition) is 3. The molecule has 0 saturated heterocycles. The van der Waals surface area contributed by atoms with Gasteiger partial charge in [-0.1, -0.05) is 18.2 Å². The van der Waals surface area contributed by atoms with E-state index >= 15 is 0 Å². The number of para-hydroxylation sites is 1. The van der Waals surface area contributed by atoms with Crippen LogP contribution in [-0.4, -0.2) is 23.9 Å². The molecule has 84 valence electrons. The van der Waals surface area contributed by atoms with E-state index in [1.54, 1.807) is 0 Å². The average Bonchev–Trinajstić information content (AvgIpc) is 2.59. The van der Waals surface area contributed by atoms with Gasteiger partial charge in [-0.25, -0.2) is 0 Å². The Balaban J connectivity index is 0.00000112. The first kappa shape index (κ1) is 12.3. The van der Waals surface area contributed by atoms with Crippen molar-refractivity contribution < 1.29 is 9.84 Å². The van der Waals surface area contributed by atoms with Gasteiger partial charge in [-0.15, -0.1) is 12.4 Å². The standard InChI is InChI=1S/C11H15NO2.ClH/c12-9(7-13)6-10-5-8-3-1-2-4-11(8)14-10;/h1-4,9-10,13H,5-7,12H2;1H. The molecule has 1 aliphatic rings. The summed E-state index contributed by atoms with van der Waals surface area (Å²) in [5, 5.41) is 8.83. The van der Waals surface area contributed by atoms with Gasteiger partial charge in [-0.3, -0.25) is 0 Å². The number of hydrogen-bond donors (Lipinski definition) is 2. The Bertz CT molecular complexity index is 294. The molecule has 0 aromatic heterocycles. The quantitative estimate of drug-likeness (QED) is 0.817. The van der Waals surface area contributed by atoms with E-state index in [4.69, 9.17) is 15.6 Å². The minimum atomic E-state index is -0.172. The topological polar surface area (TPSA) is 55.5 Å². The Hall–Kier alpha value is -0.770. The van der Waals surface area contributed by atoms with E-state index in [1.807, 2.05) is 18.2 Å². The molecule has 15 heavy (non-hydrogen) atoms. The van der Waals surface area contributed by atoms with Crippen molar-refractivity contribution in [3.05, 3.63) is 29.8 Å². The van der Waals surface area contributed by atoms with Crippen LogP contribution in [0.4, 0.5) is 0 Å². The molecule has 0 amide bonds. The lowest BCUT2D eigenvalue weighted by Gasteiger charge is -2.14. The third-order valence-corrected chi connectivity index (χ3v) is 2.51. The number of rotatable bonds is 3. The average molecular weight is 230 g/mol. The molecule has 4 heteroatoms. The van der Waals surface area contributed by atoms with Crippen LogP contribution in [-0.2, 0) is 6.42 Å². The fraction of sp³-hybridized carbons (Fsp3) is 0.455. The summed E-state index contributed by atoms with van der Waals surface area (Å²) in [4.78, 5) is 0. The van der Waals surface area contributed by atoms with Gasteiger partial charge in [0.25, 0.3) is 0 Å². The normalized spacial score (nSPS) is 20.0. The number of aliphatic hydroxyl groups is 1. The van der Waals surface area contributed by atoms with Crippen molar-refractivity contribution in [3.8, 4) is 5.75 Å². The maximum atomic E-state index is 8.83. The summed E-state index contributed by atoms with van der Waals surface area (Å²) in [6.07, 6.45) is 1.75. The van der Waals surface area contributed by atoms with Crippen molar-refractivity contribution in [1.29, 1.82) is 0 Å². The molecule has 0 fully saturated rings. The van der Waals surface area contributed by atoms with Gasteiger partial charge >= 0.3 is 0 Å². The lowest BCUT2D eigenvalue weighted by Crippen LogP contribution is -2.31. The molecule has 1 aromatic rings. The van der Waals surface area contributed by atoms with E-state index < -0.39 is 0 Å². The first-order chi connectivity index (χ1) is 6.79. The fourth-order valence-corrected chi connectivity index (χ4v) is 1.80. The number of benzene rings is 1. The summed E-state index contributed by atoms with van der Waals surface area (Å²) < 4.78 is 5.69. The predicted molar refractivity (Wildman–Crippen MR) is 61.5 cm³/mol. The van der Waals surface area contributed by atoms with Crippen molar-refractivity contribution in [2.75, 3.05) is 6.61 Å². The Kier molecular flexibility index (Phi) is 4.39. The molecule has 0 radical (unpaired) electrons. The molecular weight excluding hydrogens is 214 g/mol. The maximum absolute atomic E-state index is 8.83. The molecule has 2 unspecified atom stereocenters. The SMILES string of the molecule is Cl.NC(CO)CC1Cc2ccccc2O1. The van der Waals surface area contributed by atoms with Crippen LogP contribution in [0.5, 0.6) is 5.75 Å². The minimum Gasteiger partial charge on any atom is -0.490 e. The van der Waals surface area contributed by atoms with Crippen LogP contribution in [0.2, 0.25) is 0 Å². The summed E-state index contributed by atoms with van der Waals surface area (Å²) in [6.45, 7) is 0.0240. The zero-order valence-electron chi connectivity index (χ0n) is 8.43. The highest BCUT2D eigenvalue weighted by Gasteiger charge is 2.23. The Morgan fingerprint density at radius 1 is 1.47 bits per heavy atom. The van der Waals surface area contributed by atoms with Crippen molar-refractivity contribution in [3.63, 3.8) is 0 Å². The van der Waals surface area contributed by atoms with E-state index in [0.717, 1.165) is 12.2 Å². The smallest absolute Gasteiger partial charge is 0.123 e. The Labute approximate surface area is 95.7 Å². The molecule has 0 bridgehead atoms. The van der Waals surface area contributed by atoms with Gasteiger partial charge < -0.3 is 15.6 Å². The summed E-state index contributed by atoms with van der Waals surface area (Å²) in [5.74, 6) is 0.961. The Morgan fingerprint density at radius 3 is 2.87 bits per heavy atom. The van der Waals surface area contributed by atoms with Crippen molar-refractivity contribution in [2.45, 2.75) is 25.0 Å². The number of nitrogens with two attached hydrogens (primary N) is 1. The summed E-state index contributed by atoms with van der Waals surface area (Å²) in [6, 6.07) is 7.85. The molecule has 0 saturated carbocycles. The number of halogens is 1. The van der Waals surface area contributed by atoms with E-state index in [1.165, 1.54) is 5.56 Å². The van der Waals surface area contributed by atoms with Crippen LogP contribution >= 0.6 is 12.4 Å². The van der Waals surface area contributed by atoms with Crippen molar-refractivity contribution >= 4 is 12.4 Å². The zero-order valence-corrected chi connectivity index (χ0v) is 9.24. The predicted octanol–water partition coefficient (Wildman–Crippen LogP) is 1.12. The number of aliphatic hydroxyl groups excluding tert-OH is 1. The highest BCUT2D eigenvalue weighted by Crippen LogP contribution is 2.29. The van der Waals surface area contributed by atoms with Gasteiger partial charge in [0.15, 0.2) is 0 Å². The lowest BCUT2D eigenvalue weighted by molar-refractivity contribution is 0.180. The second kappa shape index (κ2) is 5.35. The minimum absolute atomic E-state index is 0. The second-order valence-electron chi connectivity index (χ2n) is 3.73. The summed E-state index contributed by atoms with van der Waals surface area (Å²) in [5.41, 5.74) is 6.90. The van der Waals surface area contributed by atoms with Crippen LogP contribution in [0.15, 0.2) is 24.3 Å². The van der Waals surface area contributed by atoms with E-state index in [2.05, 4.69) is 6.07 Å². The molecule has 3 N–H and O–H groups in total. The first-order valence-electron chi connectivity index (χ1n) is 4.90. The highest BCUT2D eigenvalue weighted by molar-refractivity contribution is 5.85. The number of ether oxygens (including phenoxy) is 1. The third kappa shape index (κ3) is 2.84. The lowest BCUT2D eigenvalue weighted by atomic mass is 10.1. The van der Waals surface area contributed by atoms with Crippen LogP contribution in [0.3, 0.4) is 0 Å². The molecule has 1 aliphatic heterocycles. The van der Waals surface area contributed by atoms with Gasteiger partial charge in [0.1, 0.15) is 11.9 Å². The van der Waals surface area contributed by atoms with Crippen molar-refractivity contribution in [2.24, 2.45) is 5.73 Å². The third-order valence-electron chi connectivity index (χ3n) is 2.51. The molecule has 0 aliphatic carbocycles. The van der Waals surface area contributed by atoms with E-state index in [0.29, 0.717) is 6.42 Å². The molecule has 2 rings (SSSR count). The van der Waals surface area contributed by atoms with Gasteiger partial charge in [0, 0.05) is 18.9 Å².